The number of hydrogen-bond acceptors (Lipinski definition) is 3. The van der Waals surface area contributed by atoms with Crippen molar-refractivity contribution in [3.63, 3.8) is 0 Å². The molecule has 0 amide bonds. The SMILES string of the molecule is NCC(CC(=O)O)c1ccc(Br)c2cccnc12. The van der Waals surface area contributed by atoms with Gasteiger partial charge in [0, 0.05) is 22.0 Å². The standard InChI is InChI=1S/C13H13BrN2O2/c14-11-4-3-9(8(7-15)6-12(17)18)13-10(11)2-1-5-16-13/h1-5,8H,6-7,15H2,(H,17,18). The molecule has 0 saturated heterocycles. The molecule has 2 aromatic rings. The lowest BCUT2D eigenvalue weighted by Crippen LogP contribution is -2.16. The zero-order chi connectivity index (χ0) is 13.1. The summed E-state index contributed by atoms with van der Waals surface area (Å²) < 4.78 is 0.945. The molecule has 0 aliphatic rings. The summed E-state index contributed by atoms with van der Waals surface area (Å²) in [5.74, 6) is -1.06. The lowest BCUT2D eigenvalue weighted by atomic mass is 9.93. The first-order valence-electron chi connectivity index (χ1n) is 5.58. The highest BCUT2D eigenvalue weighted by Gasteiger charge is 2.17. The van der Waals surface area contributed by atoms with Gasteiger partial charge in [0.2, 0.25) is 0 Å². The normalized spacial score (nSPS) is 12.6. The Kier molecular flexibility index (Phi) is 3.93. The monoisotopic (exact) mass is 308 g/mol. The minimum atomic E-state index is -0.850. The Bertz CT molecular complexity index is 586. The molecule has 3 N–H and O–H groups in total. The van der Waals surface area contributed by atoms with E-state index in [-0.39, 0.29) is 12.3 Å². The third-order valence-corrected chi connectivity index (χ3v) is 3.58. The summed E-state index contributed by atoms with van der Waals surface area (Å²) in [6.07, 6.45) is 1.72. The van der Waals surface area contributed by atoms with Gasteiger partial charge in [-0.3, -0.25) is 9.78 Å². The molecule has 18 heavy (non-hydrogen) atoms. The van der Waals surface area contributed by atoms with Crippen molar-refractivity contribution in [1.82, 2.24) is 4.98 Å². The van der Waals surface area contributed by atoms with Crippen molar-refractivity contribution < 1.29 is 9.90 Å². The van der Waals surface area contributed by atoms with Crippen LogP contribution in [0.25, 0.3) is 10.9 Å². The molecule has 1 aromatic heterocycles. The highest BCUT2D eigenvalue weighted by atomic mass is 79.9. The predicted octanol–water partition coefficient (Wildman–Crippen LogP) is 2.51. The number of aromatic nitrogens is 1. The van der Waals surface area contributed by atoms with Crippen LogP contribution in [0.5, 0.6) is 0 Å². The van der Waals surface area contributed by atoms with Gasteiger partial charge < -0.3 is 10.8 Å². The summed E-state index contributed by atoms with van der Waals surface area (Å²) in [5, 5.41) is 9.89. The summed E-state index contributed by atoms with van der Waals surface area (Å²) in [5.41, 5.74) is 7.38. The maximum Gasteiger partial charge on any atom is 0.304 e. The van der Waals surface area contributed by atoms with Crippen molar-refractivity contribution in [2.75, 3.05) is 6.54 Å². The van der Waals surface area contributed by atoms with Gasteiger partial charge in [-0.25, -0.2) is 0 Å². The van der Waals surface area contributed by atoms with Crippen molar-refractivity contribution in [1.29, 1.82) is 0 Å². The fraction of sp³-hybridized carbons (Fsp3) is 0.231. The van der Waals surface area contributed by atoms with Gasteiger partial charge in [-0.1, -0.05) is 28.1 Å². The molecule has 0 bridgehead atoms. The molecule has 0 spiro atoms. The maximum absolute atomic E-state index is 10.9. The van der Waals surface area contributed by atoms with Crippen LogP contribution in [0.4, 0.5) is 0 Å². The summed E-state index contributed by atoms with van der Waals surface area (Å²) in [6.45, 7) is 0.291. The molecule has 94 valence electrons. The number of aliphatic carboxylic acids is 1. The second-order valence-electron chi connectivity index (χ2n) is 4.07. The van der Waals surface area contributed by atoms with Gasteiger partial charge in [-0.05, 0) is 24.2 Å². The highest BCUT2D eigenvalue weighted by molar-refractivity contribution is 9.10. The van der Waals surface area contributed by atoms with Gasteiger partial charge in [0.15, 0.2) is 0 Å². The zero-order valence-corrected chi connectivity index (χ0v) is 11.2. The molecule has 0 fully saturated rings. The van der Waals surface area contributed by atoms with Crippen LogP contribution >= 0.6 is 15.9 Å². The van der Waals surface area contributed by atoms with E-state index in [1.807, 2.05) is 24.3 Å². The number of pyridine rings is 1. The number of hydrogen-bond donors (Lipinski definition) is 2. The van der Waals surface area contributed by atoms with E-state index in [1.165, 1.54) is 0 Å². The predicted molar refractivity (Wildman–Crippen MR) is 73.5 cm³/mol. The van der Waals surface area contributed by atoms with Crippen LogP contribution in [0.15, 0.2) is 34.9 Å². The number of rotatable bonds is 4. The van der Waals surface area contributed by atoms with E-state index in [2.05, 4.69) is 20.9 Å². The molecule has 2 rings (SSSR count). The number of carbonyl (C=O) groups is 1. The van der Waals surface area contributed by atoms with E-state index in [0.29, 0.717) is 6.54 Å². The first-order chi connectivity index (χ1) is 8.63. The second-order valence-corrected chi connectivity index (χ2v) is 4.92. The number of halogens is 1. The Balaban J connectivity index is 2.56. The van der Waals surface area contributed by atoms with E-state index < -0.39 is 5.97 Å². The minimum Gasteiger partial charge on any atom is -0.481 e. The van der Waals surface area contributed by atoms with E-state index in [0.717, 1.165) is 20.9 Å². The Hall–Kier alpha value is -1.46. The summed E-state index contributed by atoms with van der Waals surface area (Å²) >= 11 is 3.47. The van der Waals surface area contributed by atoms with Crippen molar-refractivity contribution in [2.45, 2.75) is 12.3 Å². The van der Waals surface area contributed by atoms with Gasteiger partial charge in [-0.2, -0.15) is 0 Å². The lowest BCUT2D eigenvalue weighted by Gasteiger charge is -2.15. The van der Waals surface area contributed by atoms with Crippen LogP contribution < -0.4 is 5.73 Å². The quantitative estimate of drug-likeness (QED) is 0.910. The van der Waals surface area contributed by atoms with E-state index in [1.54, 1.807) is 6.20 Å². The molecule has 1 heterocycles. The third-order valence-electron chi connectivity index (χ3n) is 2.89. The number of fused-ring (bicyclic) bond motifs is 1. The van der Waals surface area contributed by atoms with Gasteiger partial charge in [0.25, 0.3) is 0 Å². The minimum absolute atomic E-state index is 0.0177. The van der Waals surface area contributed by atoms with Crippen LogP contribution in [-0.4, -0.2) is 22.6 Å². The summed E-state index contributed by atoms with van der Waals surface area (Å²) in [6, 6.07) is 7.60. The molecule has 0 aliphatic heterocycles. The smallest absolute Gasteiger partial charge is 0.304 e. The zero-order valence-electron chi connectivity index (χ0n) is 9.64. The molecular formula is C13H13BrN2O2. The summed E-state index contributed by atoms with van der Waals surface area (Å²) in [4.78, 5) is 15.2. The number of nitrogens with zero attached hydrogens (tertiary/aromatic N) is 1. The van der Waals surface area contributed by atoms with Gasteiger partial charge in [0.1, 0.15) is 0 Å². The molecule has 0 aliphatic carbocycles. The van der Waals surface area contributed by atoms with Crippen molar-refractivity contribution in [2.24, 2.45) is 5.73 Å². The fourth-order valence-electron chi connectivity index (χ4n) is 2.02. The largest absolute Gasteiger partial charge is 0.481 e. The molecule has 4 nitrogen and oxygen atoms in total. The van der Waals surface area contributed by atoms with Crippen LogP contribution in [0.2, 0.25) is 0 Å². The molecule has 0 radical (unpaired) electrons. The molecular weight excluding hydrogens is 296 g/mol. The fourth-order valence-corrected chi connectivity index (χ4v) is 2.47. The van der Waals surface area contributed by atoms with Crippen molar-refractivity contribution >= 4 is 32.8 Å². The molecule has 1 aromatic carbocycles. The van der Waals surface area contributed by atoms with Crippen LogP contribution in [0.1, 0.15) is 17.9 Å². The summed E-state index contributed by atoms with van der Waals surface area (Å²) in [7, 11) is 0. The Morgan fingerprint density at radius 2 is 2.22 bits per heavy atom. The average molecular weight is 309 g/mol. The number of benzene rings is 1. The number of nitrogens with two attached hydrogens (primary N) is 1. The first kappa shape index (κ1) is 13.0. The first-order valence-corrected chi connectivity index (χ1v) is 6.37. The molecule has 1 atom stereocenters. The Morgan fingerprint density at radius 3 is 2.89 bits per heavy atom. The van der Waals surface area contributed by atoms with E-state index in [9.17, 15) is 4.79 Å². The number of carboxylic acid groups (broad SMARTS) is 1. The molecule has 0 saturated carbocycles. The van der Waals surface area contributed by atoms with E-state index in [4.69, 9.17) is 10.8 Å². The topological polar surface area (TPSA) is 76.2 Å². The van der Waals surface area contributed by atoms with Gasteiger partial charge in [-0.15, -0.1) is 0 Å². The highest BCUT2D eigenvalue weighted by Crippen LogP contribution is 2.30. The van der Waals surface area contributed by atoms with Gasteiger partial charge in [0.05, 0.1) is 11.9 Å². The lowest BCUT2D eigenvalue weighted by molar-refractivity contribution is -0.137. The van der Waals surface area contributed by atoms with E-state index >= 15 is 0 Å². The third kappa shape index (κ3) is 2.52. The Labute approximate surface area is 113 Å². The van der Waals surface area contributed by atoms with Crippen LogP contribution in [0.3, 0.4) is 0 Å². The Morgan fingerprint density at radius 1 is 1.44 bits per heavy atom. The second kappa shape index (κ2) is 5.46. The van der Waals surface area contributed by atoms with Crippen molar-refractivity contribution in [3.05, 3.63) is 40.5 Å². The van der Waals surface area contributed by atoms with Crippen LogP contribution in [-0.2, 0) is 4.79 Å². The van der Waals surface area contributed by atoms with Crippen LogP contribution in [0, 0.1) is 0 Å². The molecule has 5 heteroatoms. The average Bonchev–Trinajstić information content (AvgIpc) is 2.37. The van der Waals surface area contributed by atoms with Crippen molar-refractivity contribution in [3.8, 4) is 0 Å². The maximum atomic E-state index is 10.9. The number of carboxylic acids is 1. The molecule has 1 unspecified atom stereocenters. The van der Waals surface area contributed by atoms with Gasteiger partial charge >= 0.3 is 5.97 Å².